The van der Waals surface area contributed by atoms with E-state index in [-0.39, 0.29) is 23.4 Å². The van der Waals surface area contributed by atoms with E-state index in [2.05, 4.69) is 5.32 Å². The zero-order chi connectivity index (χ0) is 13.3. The van der Waals surface area contributed by atoms with Gasteiger partial charge in [0.05, 0.1) is 0 Å². The van der Waals surface area contributed by atoms with E-state index >= 15 is 0 Å². The number of pyridine rings is 1. The first-order valence-electron chi connectivity index (χ1n) is 6.16. The van der Waals surface area contributed by atoms with Crippen molar-refractivity contribution in [3.05, 3.63) is 28.2 Å². The second kappa shape index (κ2) is 4.57. The number of aryl methyl sites for hydroxylation is 2. The Morgan fingerprint density at radius 3 is 2.78 bits per heavy atom. The molecule has 0 atom stereocenters. The SMILES string of the molecule is Cc1ccn(C)c(=O)c1NC(=O)CC1(N)CCC1. The normalized spacial score (nSPS) is 17.1. The molecule has 1 aliphatic rings. The topological polar surface area (TPSA) is 77.1 Å². The predicted molar refractivity (Wildman–Crippen MR) is 70.4 cm³/mol. The summed E-state index contributed by atoms with van der Waals surface area (Å²) in [5.41, 5.74) is 6.59. The van der Waals surface area contributed by atoms with Crippen molar-refractivity contribution in [2.75, 3.05) is 5.32 Å². The van der Waals surface area contributed by atoms with E-state index in [0.29, 0.717) is 5.69 Å². The zero-order valence-corrected chi connectivity index (χ0v) is 10.8. The Hall–Kier alpha value is -1.62. The molecule has 5 nitrogen and oxygen atoms in total. The van der Waals surface area contributed by atoms with Gasteiger partial charge in [0.25, 0.3) is 5.56 Å². The van der Waals surface area contributed by atoms with Gasteiger partial charge in [-0.2, -0.15) is 0 Å². The molecule has 1 amide bonds. The highest BCUT2D eigenvalue weighted by molar-refractivity contribution is 5.92. The summed E-state index contributed by atoms with van der Waals surface area (Å²) in [5.74, 6) is -0.177. The molecule has 1 aromatic heterocycles. The van der Waals surface area contributed by atoms with E-state index in [9.17, 15) is 9.59 Å². The van der Waals surface area contributed by atoms with E-state index in [1.807, 2.05) is 0 Å². The van der Waals surface area contributed by atoms with Gasteiger partial charge in [-0.3, -0.25) is 9.59 Å². The quantitative estimate of drug-likeness (QED) is 0.835. The number of hydrogen-bond donors (Lipinski definition) is 2. The summed E-state index contributed by atoms with van der Waals surface area (Å²) >= 11 is 0. The molecule has 5 heteroatoms. The van der Waals surface area contributed by atoms with Gasteiger partial charge in [-0.15, -0.1) is 0 Å². The number of amides is 1. The molecule has 0 unspecified atom stereocenters. The molecule has 2 rings (SSSR count). The molecule has 0 spiro atoms. The van der Waals surface area contributed by atoms with Crippen LogP contribution in [0.4, 0.5) is 5.69 Å². The molecule has 18 heavy (non-hydrogen) atoms. The van der Waals surface area contributed by atoms with Crippen molar-refractivity contribution in [3.8, 4) is 0 Å². The maximum Gasteiger partial charge on any atom is 0.274 e. The molecule has 1 aliphatic carbocycles. The van der Waals surface area contributed by atoms with Gasteiger partial charge < -0.3 is 15.6 Å². The molecule has 0 aliphatic heterocycles. The minimum atomic E-state index is -0.363. The molecule has 0 bridgehead atoms. The summed E-state index contributed by atoms with van der Waals surface area (Å²) in [5, 5.41) is 2.69. The molecule has 1 aromatic rings. The lowest BCUT2D eigenvalue weighted by Gasteiger charge is -2.37. The van der Waals surface area contributed by atoms with Crippen LogP contribution in [0.1, 0.15) is 31.2 Å². The Morgan fingerprint density at radius 2 is 2.22 bits per heavy atom. The molecule has 1 fully saturated rings. The van der Waals surface area contributed by atoms with Gasteiger partial charge in [-0.1, -0.05) is 0 Å². The minimum absolute atomic E-state index is 0.177. The number of nitrogens with zero attached hydrogens (tertiary/aromatic N) is 1. The number of anilines is 1. The molecular formula is C13H19N3O2. The van der Waals surface area contributed by atoms with Crippen molar-refractivity contribution < 1.29 is 4.79 Å². The van der Waals surface area contributed by atoms with Crippen LogP contribution < -0.4 is 16.6 Å². The molecule has 3 N–H and O–H groups in total. The molecule has 0 aromatic carbocycles. The number of rotatable bonds is 3. The Labute approximate surface area is 106 Å². The standard InChI is InChI=1S/C13H19N3O2/c1-9-4-7-16(2)12(18)11(9)15-10(17)8-13(14)5-3-6-13/h4,7H,3,5-6,8,14H2,1-2H3,(H,15,17). The maximum atomic E-state index is 11.9. The smallest absolute Gasteiger partial charge is 0.274 e. The van der Waals surface area contributed by atoms with Crippen LogP contribution in [0.3, 0.4) is 0 Å². The number of nitrogens with two attached hydrogens (primary N) is 1. The Bertz CT molecular complexity index is 530. The molecule has 98 valence electrons. The summed E-state index contributed by atoms with van der Waals surface area (Å²) in [6.45, 7) is 1.80. The lowest BCUT2D eigenvalue weighted by atomic mass is 9.75. The number of hydrogen-bond acceptors (Lipinski definition) is 3. The van der Waals surface area contributed by atoms with Crippen LogP contribution in [0.5, 0.6) is 0 Å². The van der Waals surface area contributed by atoms with Crippen LogP contribution in [-0.2, 0) is 11.8 Å². The second-order valence-corrected chi connectivity index (χ2v) is 5.23. The number of aromatic nitrogens is 1. The van der Waals surface area contributed by atoms with Gasteiger partial charge in [0.2, 0.25) is 5.91 Å². The Morgan fingerprint density at radius 1 is 1.56 bits per heavy atom. The van der Waals surface area contributed by atoms with Crippen LogP contribution in [-0.4, -0.2) is 16.0 Å². The van der Waals surface area contributed by atoms with Crippen molar-refractivity contribution in [1.29, 1.82) is 0 Å². The second-order valence-electron chi connectivity index (χ2n) is 5.23. The van der Waals surface area contributed by atoms with Crippen molar-refractivity contribution in [1.82, 2.24) is 4.57 Å². The fraction of sp³-hybridized carbons (Fsp3) is 0.538. The van der Waals surface area contributed by atoms with Gasteiger partial charge >= 0.3 is 0 Å². The Balaban J connectivity index is 2.12. The van der Waals surface area contributed by atoms with Crippen molar-refractivity contribution >= 4 is 11.6 Å². The van der Waals surface area contributed by atoms with Crippen LogP contribution in [0, 0.1) is 6.92 Å². The largest absolute Gasteiger partial charge is 0.325 e. The first-order valence-corrected chi connectivity index (χ1v) is 6.16. The number of carbonyl (C=O) groups excluding carboxylic acids is 1. The van der Waals surface area contributed by atoms with Crippen LogP contribution >= 0.6 is 0 Å². The third-order valence-corrected chi connectivity index (χ3v) is 3.60. The van der Waals surface area contributed by atoms with E-state index in [0.717, 1.165) is 24.8 Å². The van der Waals surface area contributed by atoms with E-state index in [4.69, 9.17) is 5.73 Å². The minimum Gasteiger partial charge on any atom is -0.325 e. The van der Waals surface area contributed by atoms with Crippen molar-refractivity contribution in [3.63, 3.8) is 0 Å². The van der Waals surface area contributed by atoms with Gasteiger partial charge in [-0.05, 0) is 37.8 Å². The highest BCUT2D eigenvalue weighted by Crippen LogP contribution is 2.32. The fourth-order valence-electron chi connectivity index (χ4n) is 2.18. The average Bonchev–Trinajstić information content (AvgIpc) is 2.27. The average molecular weight is 249 g/mol. The number of nitrogens with one attached hydrogen (secondary N) is 1. The van der Waals surface area contributed by atoms with Gasteiger partial charge in [0, 0.05) is 25.2 Å². The number of carbonyl (C=O) groups is 1. The molecule has 0 radical (unpaired) electrons. The summed E-state index contributed by atoms with van der Waals surface area (Å²) in [4.78, 5) is 23.8. The molecule has 0 saturated heterocycles. The third kappa shape index (κ3) is 2.46. The van der Waals surface area contributed by atoms with Gasteiger partial charge in [0.1, 0.15) is 5.69 Å². The highest BCUT2D eigenvalue weighted by Gasteiger charge is 2.34. The first-order chi connectivity index (χ1) is 8.41. The molecule has 1 saturated carbocycles. The fourth-order valence-corrected chi connectivity index (χ4v) is 2.18. The summed E-state index contributed by atoms with van der Waals surface area (Å²) in [7, 11) is 1.66. The monoisotopic (exact) mass is 249 g/mol. The van der Waals surface area contributed by atoms with Crippen molar-refractivity contribution in [2.24, 2.45) is 12.8 Å². The first kappa shape index (κ1) is 12.8. The van der Waals surface area contributed by atoms with E-state index in [1.165, 1.54) is 4.57 Å². The lowest BCUT2D eigenvalue weighted by Crippen LogP contribution is -2.49. The van der Waals surface area contributed by atoms with E-state index < -0.39 is 0 Å². The molecule has 1 heterocycles. The van der Waals surface area contributed by atoms with Crippen LogP contribution in [0.15, 0.2) is 17.1 Å². The maximum absolute atomic E-state index is 11.9. The third-order valence-electron chi connectivity index (χ3n) is 3.60. The van der Waals surface area contributed by atoms with Crippen LogP contribution in [0.2, 0.25) is 0 Å². The summed E-state index contributed by atoms with van der Waals surface area (Å²) in [6, 6.07) is 1.80. The summed E-state index contributed by atoms with van der Waals surface area (Å²) < 4.78 is 1.45. The summed E-state index contributed by atoms with van der Waals surface area (Å²) in [6.07, 6.45) is 4.81. The van der Waals surface area contributed by atoms with Crippen molar-refractivity contribution in [2.45, 2.75) is 38.1 Å². The highest BCUT2D eigenvalue weighted by atomic mass is 16.2. The van der Waals surface area contributed by atoms with Crippen LogP contribution in [0.25, 0.3) is 0 Å². The lowest BCUT2D eigenvalue weighted by molar-refractivity contribution is -0.118. The van der Waals surface area contributed by atoms with Gasteiger partial charge in [0.15, 0.2) is 0 Å². The predicted octanol–water partition coefficient (Wildman–Crippen LogP) is 0.904. The zero-order valence-electron chi connectivity index (χ0n) is 10.8. The Kier molecular flexibility index (Phi) is 3.26. The molecular weight excluding hydrogens is 230 g/mol. The van der Waals surface area contributed by atoms with Gasteiger partial charge in [-0.25, -0.2) is 0 Å². The van der Waals surface area contributed by atoms with E-state index in [1.54, 1.807) is 26.2 Å².